The summed E-state index contributed by atoms with van der Waals surface area (Å²) in [6.07, 6.45) is 2.16. The number of rotatable bonds is 3. The van der Waals surface area contributed by atoms with Gasteiger partial charge in [0.25, 0.3) is 0 Å². The van der Waals surface area contributed by atoms with E-state index in [0.29, 0.717) is 31.7 Å². The largest absolute Gasteiger partial charge is 0.378 e. The van der Waals surface area contributed by atoms with Crippen LogP contribution >= 0.6 is 0 Å². The molecule has 36 heavy (non-hydrogen) atoms. The van der Waals surface area contributed by atoms with Gasteiger partial charge in [-0.2, -0.15) is 0 Å². The van der Waals surface area contributed by atoms with Gasteiger partial charge in [-0.05, 0) is 50.1 Å². The quantitative estimate of drug-likeness (QED) is 0.605. The van der Waals surface area contributed by atoms with Gasteiger partial charge in [-0.3, -0.25) is 4.79 Å². The maximum Gasteiger partial charge on any atom is 0.230 e. The molecule has 3 aliphatic heterocycles. The van der Waals surface area contributed by atoms with Gasteiger partial charge in [0.2, 0.25) is 11.9 Å². The Labute approximate surface area is 210 Å². The average molecular weight is 491 g/mol. The minimum atomic E-state index is -0.324. The summed E-state index contributed by atoms with van der Waals surface area (Å²) in [6, 6.07) is 10.7. The van der Waals surface area contributed by atoms with E-state index >= 15 is 0 Å². The summed E-state index contributed by atoms with van der Waals surface area (Å²) in [4.78, 5) is 33.0. The Morgan fingerprint density at radius 3 is 2.61 bits per heavy atom. The molecule has 1 amide bonds. The number of aromatic amines is 1. The number of fused-ring (bicyclic) bond motifs is 3. The van der Waals surface area contributed by atoms with Crippen LogP contribution < -0.4 is 14.7 Å². The molecule has 0 aliphatic carbocycles. The number of amides is 1. The second-order valence-electron chi connectivity index (χ2n) is 9.78. The number of anilines is 3. The Hall–Kier alpha value is -3.46. The molecule has 0 radical (unpaired) electrons. The van der Waals surface area contributed by atoms with E-state index < -0.39 is 0 Å². The molecule has 1 aromatic carbocycles. The minimum absolute atomic E-state index is 0.0720. The number of pyridine rings is 1. The van der Waals surface area contributed by atoms with Gasteiger partial charge in [-0.25, -0.2) is 14.4 Å². The number of ether oxygens (including phenoxy) is 1. The molecule has 3 aromatic rings. The summed E-state index contributed by atoms with van der Waals surface area (Å²) in [6.45, 7) is 6.97. The van der Waals surface area contributed by atoms with E-state index in [9.17, 15) is 9.18 Å². The third-order valence-corrected chi connectivity index (χ3v) is 7.48. The van der Waals surface area contributed by atoms with Crippen LogP contribution in [0.15, 0.2) is 36.4 Å². The first-order chi connectivity index (χ1) is 17.6. The summed E-state index contributed by atoms with van der Waals surface area (Å²) in [5.74, 6) is 1.47. The third-order valence-electron chi connectivity index (χ3n) is 7.48. The molecular formula is C27H31FN6O2. The SMILES string of the molecule is Cc1cccc(N2CCC(C(=O)N3CCc4nc(N5CCOCC5)[nH]c4-c4cc(F)ccc43)CC2)n1. The number of H-pyrrole nitrogens is 1. The molecule has 2 saturated heterocycles. The first-order valence-electron chi connectivity index (χ1n) is 12.8. The Morgan fingerprint density at radius 1 is 1.03 bits per heavy atom. The Balaban J connectivity index is 1.23. The second-order valence-corrected chi connectivity index (χ2v) is 9.78. The van der Waals surface area contributed by atoms with E-state index in [4.69, 9.17) is 9.72 Å². The van der Waals surface area contributed by atoms with Gasteiger partial charge in [0.05, 0.1) is 30.3 Å². The number of nitrogens with zero attached hydrogens (tertiary/aromatic N) is 5. The van der Waals surface area contributed by atoms with Crippen molar-refractivity contribution in [3.63, 3.8) is 0 Å². The summed E-state index contributed by atoms with van der Waals surface area (Å²) in [5.41, 5.74) is 4.12. The van der Waals surface area contributed by atoms with Crippen LogP contribution in [0.25, 0.3) is 11.3 Å². The highest BCUT2D eigenvalue weighted by Crippen LogP contribution is 2.38. The fourth-order valence-electron chi connectivity index (χ4n) is 5.52. The van der Waals surface area contributed by atoms with Gasteiger partial charge in [0, 0.05) is 56.3 Å². The van der Waals surface area contributed by atoms with E-state index in [2.05, 4.69) is 19.8 Å². The molecule has 0 unspecified atom stereocenters. The summed E-state index contributed by atoms with van der Waals surface area (Å²) >= 11 is 0. The number of hydrogen-bond acceptors (Lipinski definition) is 6. The van der Waals surface area contributed by atoms with Gasteiger partial charge in [-0.15, -0.1) is 0 Å². The van der Waals surface area contributed by atoms with E-state index in [1.165, 1.54) is 12.1 Å². The van der Waals surface area contributed by atoms with Gasteiger partial charge >= 0.3 is 0 Å². The lowest BCUT2D eigenvalue weighted by Gasteiger charge is -2.35. The lowest BCUT2D eigenvalue weighted by atomic mass is 9.94. The summed E-state index contributed by atoms with van der Waals surface area (Å²) < 4.78 is 19.9. The highest BCUT2D eigenvalue weighted by atomic mass is 19.1. The zero-order chi connectivity index (χ0) is 24.6. The van der Waals surface area contributed by atoms with Crippen molar-refractivity contribution in [2.75, 3.05) is 60.6 Å². The maximum atomic E-state index is 14.4. The van der Waals surface area contributed by atoms with Crippen LogP contribution in [-0.2, 0) is 16.0 Å². The number of hydrogen-bond donors (Lipinski definition) is 1. The molecule has 3 aliphatic rings. The van der Waals surface area contributed by atoms with E-state index in [1.54, 1.807) is 6.07 Å². The van der Waals surface area contributed by atoms with Crippen LogP contribution in [0, 0.1) is 18.7 Å². The number of aromatic nitrogens is 3. The van der Waals surface area contributed by atoms with E-state index in [-0.39, 0.29) is 17.6 Å². The number of piperidine rings is 1. The van der Waals surface area contributed by atoms with Crippen LogP contribution in [0.4, 0.5) is 21.8 Å². The Morgan fingerprint density at radius 2 is 1.83 bits per heavy atom. The summed E-state index contributed by atoms with van der Waals surface area (Å²) in [7, 11) is 0. The average Bonchev–Trinajstić information content (AvgIpc) is 3.28. The lowest BCUT2D eigenvalue weighted by molar-refractivity contribution is -0.123. The molecule has 0 saturated carbocycles. The molecule has 188 valence electrons. The van der Waals surface area contributed by atoms with Gasteiger partial charge in [-0.1, -0.05) is 6.07 Å². The zero-order valence-electron chi connectivity index (χ0n) is 20.5. The van der Waals surface area contributed by atoms with Gasteiger partial charge in [0.15, 0.2) is 0 Å². The molecule has 0 spiro atoms. The predicted octanol–water partition coefficient (Wildman–Crippen LogP) is 3.56. The normalized spacial score (nSPS) is 18.6. The molecule has 9 heteroatoms. The molecule has 6 rings (SSSR count). The van der Waals surface area contributed by atoms with Crippen molar-refractivity contribution in [3.8, 4) is 11.3 Å². The minimum Gasteiger partial charge on any atom is -0.378 e. The Kier molecular flexibility index (Phi) is 6.08. The highest BCUT2D eigenvalue weighted by molar-refractivity contribution is 5.99. The molecule has 8 nitrogen and oxygen atoms in total. The van der Waals surface area contributed by atoms with Crippen molar-refractivity contribution >= 4 is 23.4 Å². The van der Waals surface area contributed by atoms with Gasteiger partial charge in [0.1, 0.15) is 11.6 Å². The number of morpholine rings is 1. The number of imidazole rings is 1. The zero-order valence-corrected chi connectivity index (χ0v) is 20.5. The van der Waals surface area contributed by atoms with Crippen molar-refractivity contribution < 1.29 is 13.9 Å². The molecule has 2 aromatic heterocycles. The maximum absolute atomic E-state index is 14.4. The number of carbonyl (C=O) groups excluding carboxylic acids is 1. The summed E-state index contributed by atoms with van der Waals surface area (Å²) in [5, 5.41) is 0. The fourth-order valence-corrected chi connectivity index (χ4v) is 5.52. The van der Waals surface area contributed by atoms with Crippen LogP contribution in [0.2, 0.25) is 0 Å². The monoisotopic (exact) mass is 490 g/mol. The van der Waals surface area contributed by atoms with Crippen molar-refractivity contribution in [2.45, 2.75) is 26.2 Å². The first-order valence-corrected chi connectivity index (χ1v) is 12.8. The fraction of sp³-hybridized carbons (Fsp3) is 0.444. The lowest BCUT2D eigenvalue weighted by Crippen LogP contribution is -2.43. The van der Waals surface area contributed by atoms with E-state index in [0.717, 1.165) is 73.6 Å². The van der Waals surface area contributed by atoms with Crippen molar-refractivity contribution in [1.29, 1.82) is 0 Å². The number of halogens is 1. The van der Waals surface area contributed by atoms with Crippen molar-refractivity contribution in [3.05, 3.63) is 53.6 Å². The highest BCUT2D eigenvalue weighted by Gasteiger charge is 2.33. The number of nitrogens with one attached hydrogen (secondary N) is 1. The van der Waals surface area contributed by atoms with Crippen LogP contribution in [0.3, 0.4) is 0 Å². The smallest absolute Gasteiger partial charge is 0.230 e. The molecule has 2 fully saturated rings. The molecular weight excluding hydrogens is 459 g/mol. The molecule has 1 N–H and O–H groups in total. The molecule has 0 atom stereocenters. The molecule has 0 bridgehead atoms. The van der Waals surface area contributed by atoms with Crippen molar-refractivity contribution in [1.82, 2.24) is 15.0 Å². The van der Waals surface area contributed by atoms with Gasteiger partial charge < -0.3 is 24.4 Å². The first kappa shape index (κ1) is 23.0. The Bertz CT molecular complexity index is 1260. The van der Waals surface area contributed by atoms with Crippen LogP contribution in [0.5, 0.6) is 0 Å². The third kappa shape index (κ3) is 4.32. The van der Waals surface area contributed by atoms with Crippen molar-refractivity contribution in [2.24, 2.45) is 5.92 Å². The number of carbonyl (C=O) groups is 1. The number of benzene rings is 1. The molecule has 5 heterocycles. The van der Waals surface area contributed by atoms with Crippen LogP contribution in [0.1, 0.15) is 24.2 Å². The standard InChI is InChI=1S/C27H31FN6O2/c1-18-3-2-4-24(29-18)32-10-7-19(8-11-32)26(35)34-12-9-22-25(21-17-20(28)5-6-23(21)34)31-27(30-22)33-13-15-36-16-14-33/h2-6,17,19H,7-16H2,1H3,(H,30,31). The van der Waals surface area contributed by atoms with E-state index in [1.807, 2.05) is 30.0 Å². The second kappa shape index (κ2) is 9.54. The van der Waals surface area contributed by atoms with Crippen LogP contribution in [-0.4, -0.2) is 66.8 Å². The number of aryl methyl sites for hydroxylation is 1. The topological polar surface area (TPSA) is 77.6 Å². The predicted molar refractivity (Wildman–Crippen MR) is 137 cm³/mol.